The monoisotopic (exact) mass is 556 g/mol. The maximum atomic E-state index is 12.9. The first-order chi connectivity index (χ1) is 18.2. The van der Waals surface area contributed by atoms with Crippen molar-refractivity contribution in [1.29, 1.82) is 5.41 Å². The van der Waals surface area contributed by atoms with E-state index < -0.39 is 45.4 Å². The fourth-order valence-corrected chi connectivity index (χ4v) is 5.32. The Balaban J connectivity index is 1.60. The average Bonchev–Trinajstić information content (AvgIpc) is 2.92. The van der Waals surface area contributed by atoms with Crippen LogP contribution in [0.25, 0.3) is 0 Å². The number of carbonyl (C=O) groups excluding carboxylic acids is 3. The Morgan fingerprint density at radius 2 is 1.47 bits per heavy atom. The smallest absolute Gasteiger partial charge is 0.413 e. The Labute approximate surface area is 223 Å². The minimum Gasteiger partial charge on any atom is -0.444 e. The van der Waals surface area contributed by atoms with Crippen LogP contribution in [-0.4, -0.2) is 49.2 Å². The van der Waals surface area contributed by atoms with E-state index in [1.165, 1.54) is 29.4 Å². The molecule has 0 aliphatic carbocycles. The number of carbonyl (C=O) groups is 3. The molecule has 11 nitrogen and oxygen atoms in total. The summed E-state index contributed by atoms with van der Waals surface area (Å²) in [6, 6.07) is 22.3. The first kappa shape index (κ1) is 28.4. The first-order valence-corrected chi connectivity index (χ1v) is 13.5. The maximum absolute atomic E-state index is 12.9. The number of benzene rings is 3. The van der Waals surface area contributed by atoms with Crippen molar-refractivity contribution in [2.45, 2.75) is 27.3 Å². The van der Waals surface area contributed by atoms with Crippen LogP contribution in [0.5, 0.6) is 0 Å². The number of sulfone groups is 1. The maximum Gasteiger partial charge on any atom is 0.413 e. The van der Waals surface area contributed by atoms with Gasteiger partial charge in [-0.1, -0.05) is 60.3 Å². The second-order valence-electron chi connectivity index (χ2n) is 7.73. The molecular formula is C25H24N4O7S2. The molecule has 0 spiro atoms. The summed E-state index contributed by atoms with van der Waals surface area (Å²) in [6.45, 7) is -0.113. The van der Waals surface area contributed by atoms with Crippen molar-refractivity contribution >= 4 is 45.3 Å². The molecular weight excluding hydrogens is 532 g/mol. The van der Waals surface area contributed by atoms with E-state index in [4.69, 9.17) is 15.4 Å². The van der Waals surface area contributed by atoms with Gasteiger partial charge in [-0.3, -0.25) is 25.5 Å². The van der Waals surface area contributed by atoms with Crippen LogP contribution in [0.4, 0.5) is 4.79 Å². The fraction of sp³-hybridized carbons (Fsp3) is 0.120. The second kappa shape index (κ2) is 13.4. The summed E-state index contributed by atoms with van der Waals surface area (Å²) >= 11 is 1.43. The van der Waals surface area contributed by atoms with Gasteiger partial charge in [0.05, 0.1) is 10.6 Å². The van der Waals surface area contributed by atoms with Crippen molar-refractivity contribution < 1.29 is 32.7 Å². The van der Waals surface area contributed by atoms with Gasteiger partial charge >= 0.3 is 6.09 Å². The number of hydrogen-bond acceptors (Lipinski definition) is 9. The highest BCUT2D eigenvalue weighted by Gasteiger charge is 2.30. The summed E-state index contributed by atoms with van der Waals surface area (Å²) in [4.78, 5) is 38.0. The van der Waals surface area contributed by atoms with Crippen LogP contribution in [0, 0.1) is 5.41 Å². The van der Waals surface area contributed by atoms with Crippen molar-refractivity contribution in [3.63, 3.8) is 0 Å². The molecule has 0 heterocycles. The van der Waals surface area contributed by atoms with Crippen LogP contribution in [-0.2, 0) is 30.8 Å². The van der Waals surface area contributed by atoms with Gasteiger partial charge in [0.2, 0.25) is 0 Å². The molecule has 0 aliphatic rings. The number of hydroxylamine groups is 1. The van der Waals surface area contributed by atoms with Gasteiger partial charge in [-0.2, -0.15) is 0 Å². The van der Waals surface area contributed by atoms with Crippen LogP contribution >= 0.6 is 11.8 Å². The lowest BCUT2D eigenvalue weighted by Crippen LogP contribution is -2.53. The molecule has 0 radical (unpaired) electrons. The van der Waals surface area contributed by atoms with Crippen molar-refractivity contribution in [3.8, 4) is 0 Å². The standard InChI is InChI=1S/C25H24N4O7S2/c26-22(28-25(32)36-15-17-7-3-1-4-8-17)24(31)27-21(23(30)29-33)16-38(34,35)20-13-11-19(12-14-20)37-18-9-5-2-6-10-18/h1-14,21,33H,15-16H2,(H,27,31)(H,29,30)(H2,26,28,32). The molecule has 0 aliphatic heterocycles. The van der Waals surface area contributed by atoms with Crippen molar-refractivity contribution in [3.05, 3.63) is 90.5 Å². The number of ether oxygens (including phenoxy) is 1. The zero-order valence-electron chi connectivity index (χ0n) is 19.8. The number of rotatable bonds is 9. The zero-order chi connectivity index (χ0) is 27.5. The van der Waals surface area contributed by atoms with Crippen LogP contribution in [0.2, 0.25) is 0 Å². The molecule has 38 heavy (non-hydrogen) atoms. The van der Waals surface area contributed by atoms with Crippen LogP contribution in [0.1, 0.15) is 5.56 Å². The quantitative estimate of drug-likeness (QED) is 0.116. The molecule has 5 N–H and O–H groups in total. The number of amidine groups is 1. The Morgan fingerprint density at radius 3 is 2.08 bits per heavy atom. The van der Waals surface area contributed by atoms with Crippen LogP contribution in [0.3, 0.4) is 0 Å². The van der Waals surface area contributed by atoms with Gasteiger partial charge in [0.25, 0.3) is 11.8 Å². The third kappa shape index (κ3) is 8.44. The highest BCUT2D eigenvalue weighted by molar-refractivity contribution is 7.99. The van der Waals surface area contributed by atoms with Gasteiger partial charge in [-0.05, 0) is 42.0 Å². The van der Waals surface area contributed by atoms with Crippen LogP contribution in [0.15, 0.2) is 99.6 Å². The van der Waals surface area contributed by atoms with E-state index in [1.54, 1.807) is 42.5 Å². The topological polar surface area (TPSA) is 175 Å². The van der Waals surface area contributed by atoms with E-state index >= 15 is 0 Å². The lowest BCUT2D eigenvalue weighted by atomic mass is 10.2. The van der Waals surface area contributed by atoms with E-state index in [0.29, 0.717) is 5.56 Å². The summed E-state index contributed by atoms with van der Waals surface area (Å²) in [6.07, 6.45) is -1.10. The van der Waals surface area contributed by atoms with Gasteiger partial charge < -0.3 is 10.1 Å². The molecule has 198 valence electrons. The summed E-state index contributed by atoms with van der Waals surface area (Å²) in [5.41, 5.74) is 1.97. The molecule has 3 rings (SSSR count). The highest BCUT2D eigenvalue weighted by Crippen LogP contribution is 2.28. The Morgan fingerprint density at radius 1 is 0.895 bits per heavy atom. The van der Waals surface area contributed by atoms with Gasteiger partial charge in [0.15, 0.2) is 15.7 Å². The van der Waals surface area contributed by atoms with Crippen LogP contribution < -0.4 is 16.1 Å². The largest absolute Gasteiger partial charge is 0.444 e. The molecule has 0 saturated carbocycles. The van der Waals surface area contributed by atoms with Gasteiger partial charge in [0.1, 0.15) is 12.6 Å². The van der Waals surface area contributed by atoms with E-state index in [1.807, 2.05) is 41.0 Å². The molecule has 3 amide bonds. The molecule has 13 heteroatoms. The minimum atomic E-state index is -4.12. The Bertz CT molecular complexity index is 1380. The molecule has 3 aromatic carbocycles. The van der Waals surface area contributed by atoms with Gasteiger partial charge in [-0.15, -0.1) is 0 Å². The summed E-state index contributed by atoms with van der Waals surface area (Å²) < 4.78 is 30.8. The van der Waals surface area contributed by atoms with Crippen molar-refractivity contribution in [1.82, 2.24) is 16.1 Å². The first-order valence-electron chi connectivity index (χ1n) is 11.0. The molecule has 0 saturated heterocycles. The third-order valence-corrected chi connectivity index (χ3v) is 7.73. The Hall–Kier alpha value is -4.20. The molecule has 3 aromatic rings. The van der Waals surface area contributed by atoms with Gasteiger partial charge in [-0.25, -0.2) is 18.7 Å². The molecule has 0 aromatic heterocycles. The van der Waals surface area contributed by atoms with Crippen molar-refractivity contribution in [2.75, 3.05) is 5.75 Å². The predicted molar refractivity (Wildman–Crippen MR) is 138 cm³/mol. The third-order valence-electron chi connectivity index (χ3n) is 4.95. The highest BCUT2D eigenvalue weighted by atomic mass is 32.2. The lowest BCUT2D eigenvalue weighted by molar-refractivity contribution is -0.132. The normalized spacial score (nSPS) is 11.6. The average molecular weight is 557 g/mol. The second-order valence-corrected chi connectivity index (χ2v) is 10.9. The summed E-state index contributed by atoms with van der Waals surface area (Å²) in [5.74, 6) is -4.39. The summed E-state index contributed by atoms with van der Waals surface area (Å²) in [7, 11) is -4.12. The lowest BCUT2D eigenvalue weighted by Gasteiger charge is -2.17. The van der Waals surface area contributed by atoms with Crippen molar-refractivity contribution in [2.24, 2.45) is 0 Å². The molecule has 1 unspecified atom stereocenters. The van der Waals surface area contributed by atoms with Gasteiger partial charge in [0, 0.05) is 9.79 Å². The fourth-order valence-electron chi connectivity index (χ4n) is 3.06. The molecule has 1 atom stereocenters. The van der Waals surface area contributed by atoms with E-state index in [9.17, 15) is 22.8 Å². The number of nitrogens with one attached hydrogen (secondary N) is 4. The SMILES string of the molecule is N=C(NC(=O)OCc1ccccc1)C(=O)NC(CS(=O)(=O)c1ccc(Sc2ccccc2)cc1)C(=O)NO. The predicted octanol–water partition coefficient (Wildman–Crippen LogP) is 2.51. The minimum absolute atomic E-state index is 0.113. The number of hydrogen-bond donors (Lipinski definition) is 5. The van der Waals surface area contributed by atoms with E-state index in [2.05, 4.69) is 0 Å². The Kier molecular flexibility index (Phi) is 9.99. The number of alkyl carbamates (subject to hydrolysis) is 1. The summed E-state index contributed by atoms with van der Waals surface area (Å²) in [5, 5.41) is 20.7. The van der Waals surface area contributed by atoms with E-state index in [0.717, 1.165) is 9.79 Å². The van der Waals surface area contributed by atoms with E-state index in [-0.39, 0.29) is 11.5 Å². The zero-order valence-corrected chi connectivity index (χ0v) is 21.4. The molecule has 0 bridgehead atoms. The number of amides is 3. The molecule has 0 fully saturated rings.